The number of aromatic nitrogens is 2. The number of nitrogens with one attached hydrogen (secondary N) is 18. The summed E-state index contributed by atoms with van der Waals surface area (Å²) in [4.78, 5) is 309. The summed E-state index contributed by atoms with van der Waals surface area (Å²) in [6.07, 6.45) is -1.33. The molecule has 2 aromatic rings. The van der Waals surface area contributed by atoms with Crippen LogP contribution >= 0.6 is 0 Å². The molecule has 3 heterocycles. The van der Waals surface area contributed by atoms with Gasteiger partial charge in [0, 0.05) is 63.6 Å². The summed E-state index contributed by atoms with van der Waals surface area (Å²) in [6.45, 7) is 8.56. The standard InChI is InChI=1S/C90H143N25O29/c1-8-48(6)73(86(140)107-55(17-10-12-32-92)78(132)105-57(26-29-70(122)123)80(134)109-60(36-46(2)3)76(130)98-42-67(118)102-59(89(143)144)18-13-33-97-90(94)95)113-82(136)62(39-51-41-96-45-100-51)111-79(133)54(16-9-11-31-91)106-85(139)66-20-15-35-115(66)88(142)63(38-50-21-23-52(117)24-22-50)103-68(119)43-99-84(138)65-19-14-34-114(65)87(141)58(27-30-71(124)125)108-81(135)61(37-47(4)5)110-83(137)64(44-116)112-74(128)49(7)101-77(131)56(25-28-69(120)121)104-75(129)53(93)40-72(126)127/h21-24,41,45-49,53-66,73,116-117H,8-20,25-40,42-44,91-93H2,1-7H3,(H,96,100)(H,98,130)(H,99,138)(H,101,131)(H,102,118)(H,103,119)(H,104,129)(H,105,132)(H,106,139)(H,107,140)(H,108,135)(H,109,134)(H,110,137)(H,111,133)(H,112,128)(H,113,136)(H,120,121)(H,122,123)(H,124,125)(H,126,127)(H,143,144)(H4,94,95,97)/t48-,49-,53-,54-,55-,56-,57-,58-,59-,60-,61-,62-,63-,64-,65-,66-,73-/m0/s1. The fraction of sp³-hybridized carbons (Fsp3) is 0.644. The summed E-state index contributed by atoms with van der Waals surface area (Å²) < 4.78 is 0. The minimum atomic E-state index is -1.85. The molecule has 2 fully saturated rings. The Hall–Kier alpha value is -14.3. The lowest BCUT2D eigenvalue weighted by molar-refractivity contribution is -0.143. The molecule has 0 saturated carbocycles. The van der Waals surface area contributed by atoms with Crippen LogP contribution in [0.2, 0.25) is 0 Å². The molecule has 0 aliphatic carbocycles. The SMILES string of the molecule is CC[C@H](C)[C@H](NC(=O)[C@H](Cc1cnc[nH]1)NC(=O)[C@H](CCCCN)NC(=O)[C@@H]1CCCN1C(=O)[C@H](Cc1ccc(O)cc1)NC(=O)CNC(=O)[C@@H]1CCCN1C(=O)[C@H](CCC(=O)O)NC(=O)[C@H](CC(C)C)NC(=O)[C@H](CO)NC(=O)[C@H](C)NC(=O)[C@H](CCC(=O)O)NC(=O)[C@@H](N)CC(=O)O)C(=O)N[C@@H](CCCCN)C(=O)N[C@@H](CCC(=O)O)C(=O)N[C@@H](CC(C)C)C(=O)NCC(=O)N[C@@H](CCCNC(=N)N)C(=O)O. The van der Waals surface area contributed by atoms with Crippen molar-refractivity contribution in [1.29, 1.82) is 5.41 Å². The molecule has 0 radical (unpaired) electrons. The molecule has 802 valence electrons. The number of carboxylic acid groups (broad SMARTS) is 5. The van der Waals surface area contributed by atoms with Gasteiger partial charge in [0.05, 0.1) is 38.5 Å². The molecule has 144 heavy (non-hydrogen) atoms. The van der Waals surface area contributed by atoms with E-state index >= 15 is 4.79 Å². The number of amides is 17. The summed E-state index contributed by atoms with van der Waals surface area (Å²) in [6, 6.07) is -19.3. The highest BCUT2D eigenvalue weighted by Crippen LogP contribution is 2.25. The first-order chi connectivity index (χ1) is 68.0. The van der Waals surface area contributed by atoms with Crippen LogP contribution in [0.5, 0.6) is 5.75 Å². The fourth-order valence-electron chi connectivity index (χ4n) is 15.6. The van der Waals surface area contributed by atoms with Crippen molar-refractivity contribution in [3.8, 4) is 5.75 Å². The predicted molar refractivity (Wildman–Crippen MR) is 509 cm³/mol. The number of aliphatic hydroxyl groups is 1. The Balaban J connectivity index is 1.56. The maximum Gasteiger partial charge on any atom is 0.326 e. The van der Waals surface area contributed by atoms with Crippen molar-refractivity contribution in [3.05, 3.63) is 48.0 Å². The maximum atomic E-state index is 15.1. The second-order valence-corrected chi connectivity index (χ2v) is 36.2. The van der Waals surface area contributed by atoms with E-state index in [0.29, 0.717) is 24.1 Å². The number of aliphatic hydroxyl groups excluding tert-OH is 1. The molecule has 54 heteroatoms. The van der Waals surface area contributed by atoms with Gasteiger partial charge in [0.15, 0.2) is 5.96 Å². The number of rotatable bonds is 67. The van der Waals surface area contributed by atoms with E-state index in [1.54, 1.807) is 41.5 Å². The number of benzene rings is 1. The minimum absolute atomic E-state index is 0.0125. The van der Waals surface area contributed by atoms with E-state index in [1.165, 1.54) is 41.7 Å². The fourth-order valence-corrected chi connectivity index (χ4v) is 15.6. The van der Waals surface area contributed by atoms with E-state index in [4.69, 9.17) is 33.5 Å². The van der Waals surface area contributed by atoms with Gasteiger partial charge in [-0.25, -0.2) is 9.78 Å². The smallest absolute Gasteiger partial charge is 0.326 e. The van der Waals surface area contributed by atoms with Crippen LogP contribution in [0.3, 0.4) is 0 Å². The van der Waals surface area contributed by atoms with Gasteiger partial charge in [-0.05, 0) is 165 Å². The van der Waals surface area contributed by atoms with E-state index in [-0.39, 0.29) is 147 Å². The zero-order valence-electron chi connectivity index (χ0n) is 81.8. The van der Waals surface area contributed by atoms with Crippen LogP contribution in [0.15, 0.2) is 36.8 Å². The first kappa shape index (κ1) is 122. The number of carboxylic acids is 5. The average Bonchev–Trinajstić information content (AvgIpc) is 1.67. The zero-order valence-corrected chi connectivity index (χ0v) is 81.8. The number of phenols is 1. The van der Waals surface area contributed by atoms with Crippen molar-refractivity contribution in [2.24, 2.45) is 40.7 Å². The molecule has 2 aliphatic rings. The molecular weight excluding hydrogens is 1900 g/mol. The Kier molecular flexibility index (Phi) is 53.2. The first-order valence-corrected chi connectivity index (χ1v) is 47.8. The normalized spacial score (nSPS) is 16.4. The highest BCUT2D eigenvalue weighted by molar-refractivity contribution is 6.02. The van der Waals surface area contributed by atoms with Gasteiger partial charge in [-0.3, -0.25) is 106 Å². The number of H-pyrrole nitrogens is 1. The lowest BCUT2D eigenvalue weighted by Crippen LogP contribution is -2.61. The molecule has 0 spiro atoms. The van der Waals surface area contributed by atoms with E-state index in [2.05, 4.69) is 95.0 Å². The van der Waals surface area contributed by atoms with Crippen molar-refractivity contribution in [1.82, 2.24) is 105 Å². The van der Waals surface area contributed by atoms with Crippen molar-refractivity contribution in [3.63, 3.8) is 0 Å². The largest absolute Gasteiger partial charge is 0.508 e. The number of nitrogens with two attached hydrogens (primary N) is 4. The summed E-state index contributed by atoms with van der Waals surface area (Å²) in [5.41, 5.74) is 23.3. The number of guanidine groups is 1. The van der Waals surface area contributed by atoms with Crippen molar-refractivity contribution < 1.29 is 141 Å². The molecule has 2 saturated heterocycles. The summed E-state index contributed by atoms with van der Waals surface area (Å²) >= 11 is 0. The molecule has 1 aromatic heterocycles. The average molecular weight is 2040 g/mol. The monoisotopic (exact) mass is 2040 g/mol. The molecule has 17 atom stereocenters. The van der Waals surface area contributed by atoms with Crippen LogP contribution in [0.4, 0.5) is 0 Å². The minimum Gasteiger partial charge on any atom is -0.508 e. The zero-order chi connectivity index (χ0) is 108. The quantitative estimate of drug-likeness (QED) is 0.0166. The Morgan fingerprint density at radius 3 is 1.38 bits per heavy atom. The first-order valence-electron chi connectivity index (χ1n) is 47.8. The number of unbranched alkanes of at least 4 members (excludes halogenated alkanes) is 2. The van der Waals surface area contributed by atoms with Gasteiger partial charge >= 0.3 is 29.8 Å². The van der Waals surface area contributed by atoms with E-state index < -0.39 is 303 Å². The van der Waals surface area contributed by atoms with E-state index in [9.17, 15) is 131 Å². The van der Waals surface area contributed by atoms with Gasteiger partial charge in [-0.1, -0.05) is 60.1 Å². The van der Waals surface area contributed by atoms with Crippen molar-refractivity contribution >= 4 is 136 Å². The Morgan fingerprint density at radius 1 is 0.451 bits per heavy atom. The summed E-state index contributed by atoms with van der Waals surface area (Å²) in [7, 11) is 0. The number of nitrogens with zero attached hydrogens (tertiary/aromatic N) is 3. The lowest BCUT2D eigenvalue weighted by atomic mass is 9.96. The van der Waals surface area contributed by atoms with Gasteiger partial charge in [0.2, 0.25) is 100 Å². The molecule has 2 aliphatic heterocycles. The molecule has 4 rings (SSSR count). The van der Waals surface area contributed by atoms with Crippen LogP contribution in [0.25, 0.3) is 0 Å². The number of carbonyl (C=O) groups is 22. The van der Waals surface area contributed by atoms with E-state index in [0.717, 1.165) is 11.8 Å². The van der Waals surface area contributed by atoms with E-state index in [1.807, 2.05) is 0 Å². The number of hydrogen-bond acceptors (Lipinski definition) is 29. The molecule has 54 nitrogen and oxygen atoms in total. The number of hydrogen-bond donors (Lipinski definition) is 29. The molecule has 0 bridgehead atoms. The van der Waals surface area contributed by atoms with Crippen LogP contribution in [0, 0.1) is 23.2 Å². The number of carbonyl (C=O) groups excluding carboxylic acids is 17. The van der Waals surface area contributed by atoms with Gasteiger partial charge in [-0.2, -0.15) is 0 Å². The topological polar surface area (TPSA) is 873 Å². The predicted octanol–water partition coefficient (Wildman–Crippen LogP) is -7.43. The van der Waals surface area contributed by atoms with Gasteiger partial charge in [-0.15, -0.1) is 0 Å². The summed E-state index contributed by atoms with van der Waals surface area (Å²) in [5.74, 6) is -25.9. The number of imidazole rings is 1. The molecule has 33 N–H and O–H groups in total. The highest BCUT2D eigenvalue weighted by atomic mass is 16.4. The lowest BCUT2D eigenvalue weighted by Gasteiger charge is -2.31. The Labute approximate surface area is 830 Å². The van der Waals surface area contributed by atoms with Gasteiger partial charge < -0.3 is 159 Å². The number of likely N-dealkylation sites (tertiary alicyclic amines) is 2. The number of aromatic amines is 1. The van der Waals surface area contributed by atoms with Crippen LogP contribution in [0.1, 0.15) is 201 Å². The Bertz CT molecular complexity index is 4720. The molecule has 17 amide bonds. The molecule has 1 aromatic carbocycles. The molecule has 0 unspecified atom stereocenters. The summed E-state index contributed by atoms with van der Waals surface area (Å²) in [5, 5.41) is 115. The third kappa shape index (κ3) is 43.6. The maximum absolute atomic E-state index is 15.1. The van der Waals surface area contributed by atoms with Crippen molar-refractivity contribution in [2.45, 2.75) is 299 Å². The van der Waals surface area contributed by atoms with Crippen LogP contribution in [-0.4, -0.2) is 341 Å². The van der Waals surface area contributed by atoms with Gasteiger partial charge in [0.25, 0.3) is 0 Å². The van der Waals surface area contributed by atoms with Crippen molar-refractivity contribution in [2.75, 3.05) is 52.4 Å². The molecular formula is C90H143N25O29. The number of phenolic OH excluding ortho intramolecular Hbond substituents is 1. The van der Waals surface area contributed by atoms with Crippen LogP contribution in [-0.2, 0) is 118 Å². The highest BCUT2D eigenvalue weighted by Gasteiger charge is 2.44. The number of aromatic hydroxyl groups is 1. The second-order valence-electron chi connectivity index (χ2n) is 36.2. The second kappa shape index (κ2) is 62.9. The van der Waals surface area contributed by atoms with Crippen LogP contribution < -0.4 is 108 Å². The van der Waals surface area contributed by atoms with Gasteiger partial charge in [0.1, 0.15) is 96.4 Å². The number of aliphatic carboxylic acids is 5. The third-order valence-electron chi connectivity index (χ3n) is 23.5. The third-order valence-corrected chi connectivity index (χ3v) is 23.5. The Morgan fingerprint density at radius 2 is 0.882 bits per heavy atom.